The zero-order valence-corrected chi connectivity index (χ0v) is 10.0. The van der Waals surface area contributed by atoms with Crippen molar-refractivity contribution in [3.05, 3.63) is 0 Å². The summed E-state index contributed by atoms with van der Waals surface area (Å²) in [6, 6.07) is 0. The molecule has 1 N–H and O–H groups in total. The summed E-state index contributed by atoms with van der Waals surface area (Å²) >= 11 is 1.46. The van der Waals surface area contributed by atoms with Crippen molar-refractivity contribution >= 4 is 23.7 Å². The Labute approximate surface area is 94.4 Å². The summed E-state index contributed by atoms with van der Waals surface area (Å²) in [4.78, 5) is 21.3. The van der Waals surface area contributed by atoms with Gasteiger partial charge in [-0.3, -0.25) is 9.59 Å². The number of rotatable bonds is 8. The molecule has 0 aliphatic carbocycles. The fourth-order valence-electron chi connectivity index (χ4n) is 0.784. The van der Waals surface area contributed by atoms with Gasteiger partial charge in [-0.2, -0.15) is 11.8 Å². The van der Waals surface area contributed by atoms with Crippen LogP contribution in [0.4, 0.5) is 0 Å². The number of hydrogen-bond acceptors (Lipinski definition) is 4. The maximum atomic E-state index is 11.2. The van der Waals surface area contributed by atoms with Gasteiger partial charge in [0.05, 0.1) is 18.9 Å². The molecule has 0 aromatic carbocycles. The molecule has 0 rings (SSSR count). The van der Waals surface area contributed by atoms with E-state index in [1.807, 2.05) is 13.8 Å². The van der Waals surface area contributed by atoms with Crippen molar-refractivity contribution in [3.8, 4) is 0 Å². The van der Waals surface area contributed by atoms with Crippen LogP contribution in [-0.2, 0) is 14.3 Å². The Morgan fingerprint density at radius 3 is 2.47 bits per heavy atom. The van der Waals surface area contributed by atoms with Gasteiger partial charge >= 0.3 is 11.9 Å². The molecule has 0 spiro atoms. The van der Waals surface area contributed by atoms with E-state index in [1.54, 1.807) is 0 Å². The van der Waals surface area contributed by atoms with E-state index >= 15 is 0 Å². The number of carboxylic acids is 1. The fraction of sp³-hybridized carbons (Fsp3) is 0.800. The molecule has 0 saturated carbocycles. The molecule has 0 aromatic heterocycles. The summed E-state index contributed by atoms with van der Waals surface area (Å²) in [5, 5.41) is 8.37. The van der Waals surface area contributed by atoms with Crippen LogP contribution in [0.25, 0.3) is 0 Å². The largest absolute Gasteiger partial charge is 0.481 e. The number of carboxylic acid groups (broad SMARTS) is 1. The summed E-state index contributed by atoms with van der Waals surface area (Å²) in [5.74, 6) is 0.172. The third-order valence-corrected chi connectivity index (χ3v) is 2.80. The molecule has 4 nitrogen and oxygen atoms in total. The maximum Gasteiger partial charge on any atom is 0.306 e. The van der Waals surface area contributed by atoms with Gasteiger partial charge < -0.3 is 9.84 Å². The molecular formula is C10H18O4S. The summed E-state index contributed by atoms with van der Waals surface area (Å²) in [5.41, 5.74) is 0. The summed E-state index contributed by atoms with van der Waals surface area (Å²) in [6.45, 7) is 3.81. The average Bonchev–Trinajstić information content (AvgIpc) is 2.16. The molecule has 0 amide bonds. The number of aliphatic carboxylic acids is 1. The van der Waals surface area contributed by atoms with Gasteiger partial charge in [0.15, 0.2) is 0 Å². The van der Waals surface area contributed by atoms with E-state index in [0.29, 0.717) is 17.9 Å². The van der Waals surface area contributed by atoms with Gasteiger partial charge in [-0.25, -0.2) is 0 Å². The van der Waals surface area contributed by atoms with Crippen LogP contribution >= 0.6 is 11.8 Å². The number of thioether (sulfide) groups is 1. The van der Waals surface area contributed by atoms with Gasteiger partial charge in [-0.15, -0.1) is 0 Å². The molecule has 1 unspecified atom stereocenters. The zero-order valence-electron chi connectivity index (χ0n) is 9.19. The second kappa shape index (κ2) is 8.59. The molecule has 0 aliphatic rings. The van der Waals surface area contributed by atoms with Crippen molar-refractivity contribution in [1.82, 2.24) is 0 Å². The van der Waals surface area contributed by atoms with Crippen LogP contribution in [0.5, 0.6) is 0 Å². The van der Waals surface area contributed by atoms with Crippen molar-refractivity contribution in [2.75, 3.05) is 11.5 Å². The van der Waals surface area contributed by atoms with Crippen LogP contribution in [0.2, 0.25) is 0 Å². The number of ether oxygens (including phenoxy) is 1. The lowest BCUT2D eigenvalue weighted by atomic mass is 10.3. The van der Waals surface area contributed by atoms with E-state index in [1.165, 1.54) is 11.8 Å². The van der Waals surface area contributed by atoms with Gasteiger partial charge in [-0.05, 0) is 13.3 Å². The normalized spacial score (nSPS) is 12.1. The minimum Gasteiger partial charge on any atom is -0.481 e. The lowest BCUT2D eigenvalue weighted by Gasteiger charge is -2.10. The van der Waals surface area contributed by atoms with Crippen LogP contribution in [0, 0.1) is 0 Å². The predicted molar refractivity (Wildman–Crippen MR) is 60.0 cm³/mol. The number of carbonyl (C=O) groups is 2. The van der Waals surface area contributed by atoms with E-state index in [2.05, 4.69) is 0 Å². The maximum absolute atomic E-state index is 11.2. The van der Waals surface area contributed by atoms with Crippen molar-refractivity contribution < 1.29 is 19.4 Å². The van der Waals surface area contributed by atoms with Crippen molar-refractivity contribution in [3.63, 3.8) is 0 Å². The van der Waals surface area contributed by atoms with Crippen molar-refractivity contribution in [2.24, 2.45) is 0 Å². The third-order valence-electron chi connectivity index (χ3n) is 1.82. The Hall–Kier alpha value is -0.710. The summed E-state index contributed by atoms with van der Waals surface area (Å²) in [7, 11) is 0. The molecule has 5 heteroatoms. The van der Waals surface area contributed by atoms with E-state index in [9.17, 15) is 9.59 Å². The first kappa shape index (κ1) is 14.3. The molecule has 0 saturated heterocycles. The van der Waals surface area contributed by atoms with E-state index in [0.717, 1.165) is 6.42 Å². The predicted octanol–water partition coefficient (Wildman–Crippen LogP) is 1.93. The first-order chi connectivity index (χ1) is 7.06. The smallest absolute Gasteiger partial charge is 0.306 e. The average molecular weight is 234 g/mol. The lowest BCUT2D eigenvalue weighted by molar-refractivity contribution is -0.147. The monoisotopic (exact) mass is 234 g/mol. The van der Waals surface area contributed by atoms with Crippen molar-refractivity contribution in [2.45, 2.75) is 39.2 Å². The second-order valence-corrected chi connectivity index (χ2v) is 4.44. The Morgan fingerprint density at radius 1 is 1.33 bits per heavy atom. The van der Waals surface area contributed by atoms with E-state index < -0.39 is 5.97 Å². The highest BCUT2D eigenvalue weighted by molar-refractivity contribution is 7.99. The highest BCUT2D eigenvalue weighted by atomic mass is 32.2. The quantitative estimate of drug-likeness (QED) is 0.513. The topological polar surface area (TPSA) is 63.6 Å². The van der Waals surface area contributed by atoms with E-state index in [4.69, 9.17) is 9.84 Å². The highest BCUT2D eigenvalue weighted by Gasteiger charge is 2.07. The van der Waals surface area contributed by atoms with Gasteiger partial charge in [0, 0.05) is 11.5 Å². The Morgan fingerprint density at radius 2 is 1.93 bits per heavy atom. The molecular weight excluding hydrogens is 216 g/mol. The zero-order chi connectivity index (χ0) is 11.7. The van der Waals surface area contributed by atoms with E-state index in [-0.39, 0.29) is 18.5 Å². The summed E-state index contributed by atoms with van der Waals surface area (Å²) in [6.07, 6.45) is 1.29. The minimum absolute atomic E-state index is 0.0264. The lowest BCUT2D eigenvalue weighted by Crippen LogP contribution is -2.14. The Balaban J connectivity index is 3.35. The Kier molecular flexibility index (Phi) is 8.18. The van der Waals surface area contributed by atoms with Gasteiger partial charge in [0.25, 0.3) is 0 Å². The molecule has 88 valence electrons. The van der Waals surface area contributed by atoms with Gasteiger partial charge in [0.2, 0.25) is 0 Å². The molecule has 0 aromatic rings. The standard InChI is InChI=1S/C10H18O4S/c1-3-8(2)14-10(13)5-7-15-6-4-9(11)12/h8H,3-7H2,1-2H3,(H,11,12). The molecule has 15 heavy (non-hydrogen) atoms. The highest BCUT2D eigenvalue weighted by Crippen LogP contribution is 2.06. The van der Waals surface area contributed by atoms with Gasteiger partial charge in [0.1, 0.15) is 0 Å². The first-order valence-corrected chi connectivity index (χ1v) is 6.20. The first-order valence-electron chi connectivity index (χ1n) is 5.05. The minimum atomic E-state index is -0.801. The molecule has 0 radical (unpaired) electrons. The third kappa shape index (κ3) is 9.59. The molecule has 1 atom stereocenters. The van der Waals surface area contributed by atoms with Gasteiger partial charge in [-0.1, -0.05) is 6.92 Å². The van der Waals surface area contributed by atoms with Crippen LogP contribution in [-0.4, -0.2) is 34.7 Å². The van der Waals surface area contributed by atoms with Crippen molar-refractivity contribution in [1.29, 1.82) is 0 Å². The van der Waals surface area contributed by atoms with Crippen LogP contribution in [0.15, 0.2) is 0 Å². The summed E-state index contributed by atoms with van der Waals surface area (Å²) < 4.78 is 5.06. The number of esters is 1. The van der Waals surface area contributed by atoms with Crippen LogP contribution < -0.4 is 0 Å². The fourth-order valence-corrected chi connectivity index (χ4v) is 1.62. The molecule has 0 fully saturated rings. The second-order valence-electron chi connectivity index (χ2n) is 3.21. The van der Waals surface area contributed by atoms with Crippen LogP contribution in [0.1, 0.15) is 33.1 Å². The number of carbonyl (C=O) groups excluding carboxylic acids is 1. The molecule has 0 heterocycles. The number of hydrogen-bond donors (Lipinski definition) is 1. The molecule has 0 bridgehead atoms. The van der Waals surface area contributed by atoms with Crippen LogP contribution in [0.3, 0.4) is 0 Å². The SMILES string of the molecule is CCC(C)OC(=O)CCSCCC(=O)O. The Bertz CT molecular complexity index is 206. The molecule has 0 aliphatic heterocycles.